The third-order valence-electron chi connectivity index (χ3n) is 11.2. The fourth-order valence-electron chi connectivity index (χ4n) is 8.57. The van der Waals surface area contributed by atoms with E-state index in [9.17, 15) is 0 Å². The van der Waals surface area contributed by atoms with Gasteiger partial charge in [-0.3, -0.25) is 0 Å². The molecule has 9 aromatic carbocycles. The Morgan fingerprint density at radius 2 is 0.930 bits per heavy atom. The predicted molar refractivity (Wildman–Crippen MR) is 245 cm³/mol. The molecule has 57 heavy (non-hydrogen) atoms. The molecule has 0 aliphatic heterocycles. The summed E-state index contributed by atoms with van der Waals surface area (Å²) in [6.45, 7) is 0. The van der Waals surface area contributed by atoms with Crippen molar-refractivity contribution in [1.29, 1.82) is 0 Å². The highest BCUT2D eigenvalue weighted by Crippen LogP contribution is 2.47. The van der Waals surface area contributed by atoms with Gasteiger partial charge in [-0.1, -0.05) is 152 Å². The minimum Gasteiger partial charge on any atom is -0.309 e. The molecule has 0 radical (unpaired) electrons. The molecule has 2 nitrogen and oxygen atoms in total. The van der Waals surface area contributed by atoms with E-state index in [2.05, 4.69) is 228 Å². The van der Waals surface area contributed by atoms with Crippen molar-refractivity contribution in [2.75, 3.05) is 4.90 Å². The van der Waals surface area contributed by atoms with Gasteiger partial charge in [-0.05, 0) is 94.5 Å². The smallest absolute Gasteiger partial charge is 0.0562 e. The van der Waals surface area contributed by atoms with E-state index >= 15 is 0 Å². The van der Waals surface area contributed by atoms with Crippen LogP contribution in [0.3, 0.4) is 0 Å². The van der Waals surface area contributed by atoms with Crippen molar-refractivity contribution in [3.8, 4) is 39.1 Å². The van der Waals surface area contributed by atoms with Gasteiger partial charge in [0.05, 0.1) is 22.4 Å². The first-order chi connectivity index (χ1) is 28.3. The third-order valence-corrected chi connectivity index (χ3v) is 12.3. The Morgan fingerprint density at radius 1 is 0.351 bits per heavy atom. The number of benzene rings is 9. The second kappa shape index (κ2) is 13.8. The lowest BCUT2D eigenvalue weighted by atomic mass is 10.00. The van der Waals surface area contributed by atoms with Crippen LogP contribution in [0.2, 0.25) is 0 Å². The Labute approximate surface area is 335 Å². The fraction of sp³-hybridized carbons (Fsp3) is 0. The van der Waals surface area contributed by atoms with Gasteiger partial charge in [0.2, 0.25) is 0 Å². The van der Waals surface area contributed by atoms with Crippen LogP contribution in [0.1, 0.15) is 0 Å². The van der Waals surface area contributed by atoms with Crippen LogP contribution in [0.25, 0.3) is 81.0 Å². The zero-order chi connectivity index (χ0) is 37.7. The molecule has 2 heterocycles. The summed E-state index contributed by atoms with van der Waals surface area (Å²) in [7, 11) is 0. The second-order valence-corrected chi connectivity index (χ2v) is 15.6. The first-order valence-electron chi connectivity index (χ1n) is 19.4. The van der Waals surface area contributed by atoms with E-state index < -0.39 is 0 Å². The van der Waals surface area contributed by atoms with Gasteiger partial charge in [-0.2, -0.15) is 0 Å². The van der Waals surface area contributed by atoms with Crippen LogP contribution < -0.4 is 4.90 Å². The standard InChI is InChI=1S/C54H36N2S/c1-3-15-37(16-4-1)38-29-32-42(33-30-38)55(48-24-10-7-21-44(48)39-17-5-2-6-18-39)50-26-14-27-51-54(50)46-23-8-11-25-49(46)56(51)43-20-13-19-40(35-43)41-31-34-53-47(36-41)45-22-9-12-28-52(45)57-53/h1-36H. The average Bonchev–Trinajstić information content (AvgIpc) is 3.83. The summed E-state index contributed by atoms with van der Waals surface area (Å²) in [6, 6.07) is 79.4. The van der Waals surface area contributed by atoms with E-state index in [-0.39, 0.29) is 0 Å². The molecule has 268 valence electrons. The Hall–Kier alpha value is -7.20. The molecule has 0 saturated heterocycles. The maximum absolute atomic E-state index is 2.45. The molecule has 11 aromatic rings. The lowest BCUT2D eigenvalue weighted by Crippen LogP contribution is -2.11. The Balaban J connectivity index is 1.12. The van der Waals surface area contributed by atoms with Crippen molar-refractivity contribution < 1.29 is 0 Å². The monoisotopic (exact) mass is 744 g/mol. The predicted octanol–water partition coefficient (Wildman–Crippen LogP) is 15.6. The zero-order valence-corrected chi connectivity index (χ0v) is 31.9. The number of fused-ring (bicyclic) bond motifs is 6. The first-order valence-corrected chi connectivity index (χ1v) is 20.2. The summed E-state index contributed by atoms with van der Waals surface area (Å²) in [5.41, 5.74) is 14.0. The lowest BCUT2D eigenvalue weighted by molar-refractivity contribution is 1.18. The van der Waals surface area contributed by atoms with E-state index in [4.69, 9.17) is 0 Å². The van der Waals surface area contributed by atoms with E-state index in [1.165, 1.54) is 69.8 Å². The number of hydrogen-bond acceptors (Lipinski definition) is 2. The number of nitrogens with zero attached hydrogens (tertiary/aromatic N) is 2. The normalized spacial score (nSPS) is 11.5. The number of thiophene rings is 1. The minimum absolute atomic E-state index is 1.10. The van der Waals surface area contributed by atoms with Gasteiger partial charge < -0.3 is 9.47 Å². The summed E-state index contributed by atoms with van der Waals surface area (Å²) in [5.74, 6) is 0. The molecule has 0 amide bonds. The largest absolute Gasteiger partial charge is 0.309 e. The lowest BCUT2D eigenvalue weighted by Gasteiger charge is -2.29. The van der Waals surface area contributed by atoms with Gasteiger partial charge in [-0.25, -0.2) is 0 Å². The highest BCUT2D eigenvalue weighted by Gasteiger charge is 2.23. The number of para-hydroxylation sites is 2. The van der Waals surface area contributed by atoms with Crippen LogP contribution in [0.4, 0.5) is 17.1 Å². The third kappa shape index (κ3) is 5.71. The zero-order valence-electron chi connectivity index (χ0n) is 31.1. The molecular weight excluding hydrogens is 709 g/mol. The van der Waals surface area contributed by atoms with Gasteiger partial charge in [0.15, 0.2) is 0 Å². The number of aromatic nitrogens is 1. The van der Waals surface area contributed by atoms with Crippen molar-refractivity contribution in [3.05, 3.63) is 218 Å². The van der Waals surface area contributed by atoms with Gasteiger partial charge in [0, 0.05) is 47.9 Å². The molecule has 0 spiro atoms. The summed E-state index contributed by atoms with van der Waals surface area (Å²) in [6.07, 6.45) is 0. The van der Waals surface area contributed by atoms with Gasteiger partial charge in [-0.15, -0.1) is 11.3 Å². The van der Waals surface area contributed by atoms with Crippen molar-refractivity contribution in [1.82, 2.24) is 4.57 Å². The van der Waals surface area contributed by atoms with Crippen LogP contribution >= 0.6 is 11.3 Å². The van der Waals surface area contributed by atoms with Crippen molar-refractivity contribution in [3.63, 3.8) is 0 Å². The molecule has 0 bridgehead atoms. The Kier molecular flexibility index (Phi) is 8.04. The van der Waals surface area contributed by atoms with Gasteiger partial charge >= 0.3 is 0 Å². The number of anilines is 3. The van der Waals surface area contributed by atoms with Crippen molar-refractivity contribution >= 4 is 70.4 Å². The average molecular weight is 745 g/mol. The summed E-state index contributed by atoms with van der Waals surface area (Å²) < 4.78 is 5.09. The molecular formula is C54H36N2S. The van der Waals surface area contributed by atoms with Gasteiger partial charge in [0.25, 0.3) is 0 Å². The summed E-state index contributed by atoms with van der Waals surface area (Å²) >= 11 is 1.86. The van der Waals surface area contributed by atoms with Crippen LogP contribution in [-0.4, -0.2) is 4.57 Å². The number of rotatable bonds is 7. The first kappa shape index (κ1) is 33.2. The topological polar surface area (TPSA) is 8.17 Å². The van der Waals surface area contributed by atoms with E-state index in [1.807, 2.05) is 11.3 Å². The van der Waals surface area contributed by atoms with Crippen molar-refractivity contribution in [2.24, 2.45) is 0 Å². The summed E-state index contributed by atoms with van der Waals surface area (Å²) in [5, 5.41) is 5.05. The molecule has 0 N–H and O–H groups in total. The van der Waals surface area contributed by atoms with Crippen LogP contribution in [-0.2, 0) is 0 Å². The number of hydrogen-bond donors (Lipinski definition) is 0. The minimum atomic E-state index is 1.10. The summed E-state index contributed by atoms with van der Waals surface area (Å²) in [4.78, 5) is 2.45. The maximum Gasteiger partial charge on any atom is 0.0562 e. The molecule has 0 aliphatic rings. The molecule has 0 unspecified atom stereocenters. The Bertz CT molecular complexity index is 3230. The van der Waals surface area contributed by atoms with E-state index in [1.54, 1.807) is 0 Å². The molecule has 3 heteroatoms. The highest BCUT2D eigenvalue weighted by atomic mass is 32.1. The molecule has 0 aliphatic carbocycles. The van der Waals surface area contributed by atoms with Gasteiger partial charge in [0.1, 0.15) is 0 Å². The quantitative estimate of drug-likeness (QED) is 0.158. The van der Waals surface area contributed by atoms with Crippen molar-refractivity contribution in [2.45, 2.75) is 0 Å². The van der Waals surface area contributed by atoms with E-state index in [0.717, 1.165) is 28.3 Å². The highest BCUT2D eigenvalue weighted by molar-refractivity contribution is 7.25. The fourth-order valence-corrected chi connectivity index (χ4v) is 9.65. The second-order valence-electron chi connectivity index (χ2n) is 14.5. The molecule has 0 atom stereocenters. The van der Waals surface area contributed by atoms with E-state index in [0.29, 0.717) is 0 Å². The molecule has 2 aromatic heterocycles. The van der Waals surface area contributed by atoms with Crippen LogP contribution in [0.15, 0.2) is 218 Å². The maximum atomic E-state index is 2.45. The molecule has 11 rings (SSSR count). The Morgan fingerprint density at radius 3 is 1.77 bits per heavy atom. The van der Waals surface area contributed by atoms with Crippen LogP contribution in [0, 0.1) is 0 Å². The SMILES string of the molecule is c1ccc(-c2ccc(N(c3ccccc3-c3ccccc3)c3cccc4c3c3ccccc3n4-c3cccc(-c4ccc5sc6ccccc6c5c4)c3)cc2)cc1. The molecule has 0 saturated carbocycles. The van der Waals surface area contributed by atoms with Crippen LogP contribution in [0.5, 0.6) is 0 Å². The molecule has 0 fully saturated rings.